The van der Waals surface area contributed by atoms with E-state index in [-0.39, 0.29) is 0 Å². The zero-order chi connectivity index (χ0) is 14.4. The number of hydrogen-bond acceptors (Lipinski definition) is 2. The van der Waals surface area contributed by atoms with Gasteiger partial charge < -0.3 is 9.84 Å². The fraction of sp³-hybridized carbons (Fsp3) is 0.235. The molecule has 2 aromatic rings. The van der Waals surface area contributed by atoms with Crippen LogP contribution in [0.15, 0.2) is 48.5 Å². The molecule has 0 saturated carbocycles. The molecular formula is C17H18O3. The first-order valence-corrected chi connectivity index (χ1v) is 6.80. The van der Waals surface area contributed by atoms with Gasteiger partial charge in [0.1, 0.15) is 5.75 Å². The predicted molar refractivity (Wildman–Crippen MR) is 79.1 cm³/mol. The van der Waals surface area contributed by atoms with Crippen molar-refractivity contribution >= 4 is 6.16 Å². The second kappa shape index (κ2) is 6.75. The molecule has 0 heterocycles. The summed E-state index contributed by atoms with van der Waals surface area (Å²) < 4.78 is 4.94. The Labute approximate surface area is 118 Å². The van der Waals surface area contributed by atoms with E-state index in [2.05, 4.69) is 6.92 Å². The Bertz CT molecular complexity index is 576. The highest BCUT2D eigenvalue weighted by Crippen LogP contribution is 2.34. The van der Waals surface area contributed by atoms with Crippen LogP contribution in [0.25, 0.3) is 11.1 Å². The van der Waals surface area contributed by atoms with Crippen LogP contribution in [-0.2, 0) is 6.42 Å². The van der Waals surface area contributed by atoms with E-state index in [4.69, 9.17) is 9.84 Å². The third kappa shape index (κ3) is 3.38. The van der Waals surface area contributed by atoms with Gasteiger partial charge in [0, 0.05) is 5.56 Å². The molecule has 0 amide bonds. The van der Waals surface area contributed by atoms with Gasteiger partial charge in [-0.25, -0.2) is 4.79 Å². The lowest BCUT2D eigenvalue weighted by Crippen LogP contribution is -2.05. The molecule has 3 nitrogen and oxygen atoms in total. The van der Waals surface area contributed by atoms with Gasteiger partial charge in [-0.1, -0.05) is 55.8 Å². The Hall–Kier alpha value is -2.29. The molecule has 2 rings (SSSR count). The Morgan fingerprint density at radius 2 is 1.85 bits per heavy atom. The van der Waals surface area contributed by atoms with Gasteiger partial charge in [-0.15, -0.1) is 0 Å². The fourth-order valence-electron chi connectivity index (χ4n) is 2.26. The summed E-state index contributed by atoms with van der Waals surface area (Å²) >= 11 is 0. The van der Waals surface area contributed by atoms with Crippen LogP contribution in [0.5, 0.6) is 5.75 Å². The van der Waals surface area contributed by atoms with Crippen molar-refractivity contribution in [2.45, 2.75) is 26.2 Å². The van der Waals surface area contributed by atoms with Gasteiger partial charge in [0.15, 0.2) is 0 Å². The second-order valence-electron chi connectivity index (χ2n) is 4.63. The third-order valence-corrected chi connectivity index (χ3v) is 3.17. The molecule has 0 spiro atoms. The molecule has 0 fully saturated rings. The number of rotatable bonds is 5. The van der Waals surface area contributed by atoms with Crippen LogP contribution in [0.3, 0.4) is 0 Å². The Morgan fingerprint density at radius 3 is 2.50 bits per heavy atom. The maximum absolute atomic E-state index is 10.9. The van der Waals surface area contributed by atoms with Crippen LogP contribution in [0.4, 0.5) is 4.79 Å². The molecule has 20 heavy (non-hydrogen) atoms. The molecule has 0 unspecified atom stereocenters. The molecule has 0 aliphatic rings. The quantitative estimate of drug-likeness (QED) is 0.629. The van der Waals surface area contributed by atoms with Crippen molar-refractivity contribution in [3.8, 4) is 16.9 Å². The molecule has 0 bridgehead atoms. The van der Waals surface area contributed by atoms with Gasteiger partial charge in [0.2, 0.25) is 0 Å². The first-order chi connectivity index (χ1) is 9.72. The predicted octanol–water partition coefficient (Wildman–Crippen LogP) is 4.75. The van der Waals surface area contributed by atoms with Crippen LogP contribution in [0.2, 0.25) is 0 Å². The number of hydrogen-bond donors (Lipinski definition) is 1. The molecule has 0 aromatic heterocycles. The lowest BCUT2D eigenvalue weighted by Gasteiger charge is -2.13. The summed E-state index contributed by atoms with van der Waals surface area (Å²) in [6, 6.07) is 15.3. The minimum atomic E-state index is -1.28. The molecule has 0 saturated heterocycles. The largest absolute Gasteiger partial charge is 0.511 e. The van der Waals surface area contributed by atoms with E-state index in [0.717, 1.165) is 36.0 Å². The molecule has 1 N–H and O–H groups in total. The maximum atomic E-state index is 10.9. The van der Waals surface area contributed by atoms with Crippen molar-refractivity contribution < 1.29 is 14.6 Å². The van der Waals surface area contributed by atoms with Gasteiger partial charge in [0.25, 0.3) is 0 Å². The van der Waals surface area contributed by atoms with Crippen molar-refractivity contribution in [2.24, 2.45) is 0 Å². The summed E-state index contributed by atoms with van der Waals surface area (Å²) in [6.07, 6.45) is 1.79. The van der Waals surface area contributed by atoms with Crippen molar-refractivity contribution in [2.75, 3.05) is 0 Å². The third-order valence-electron chi connectivity index (χ3n) is 3.17. The van der Waals surface area contributed by atoms with E-state index < -0.39 is 6.16 Å². The Morgan fingerprint density at radius 1 is 1.10 bits per heavy atom. The van der Waals surface area contributed by atoms with E-state index in [1.165, 1.54) is 0 Å². The molecule has 0 aliphatic heterocycles. The van der Waals surface area contributed by atoms with Crippen LogP contribution in [0, 0.1) is 0 Å². The first-order valence-electron chi connectivity index (χ1n) is 6.80. The number of unbranched alkanes of at least 4 members (excludes halogenated alkanes) is 1. The zero-order valence-corrected chi connectivity index (χ0v) is 11.5. The van der Waals surface area contributed by atoms with Gasteiger partial charge in [-0.05, 0) is 30.0 Å². The molecule has 0 atom stereocenters. The molecule has 2 aromatic carbocycles. The maximum Gasteiger partial charge on any atom is 0.511 e. The van der Waals surface area contributed by atoms with Gasteiger partial charge in [-0.2, -0.15) is 0 Å². The van der Waals surface area contributed by atoms with E-state index in [1.54, 1.807) is 6.07 Å². The average molecular weight is 270 g/mol. The molecule has 3 heteroatoms. The van der Waals surface area contributed by atoms with Crippen LogP contribution >= 0.6 is 0 Å². The Kier molecular flexibility index (Phi) is 4.77. The van der Waals surface area contributed by atoms with Crippen LogP contribution < -0.4 is 4.74 Å². The minimum Gasteiger partial charge on any atom is -0.449 e. The highest BCUT2D eigenvalue weighted by molar-refractivity contribution is 5.77. The summed E-state index contributed by atoms with van der Waals surface area (Å²) in [5, 5.41) is 8.88. The summed E-state index contributed by atoms with van der Waals surface area (Å²) in [5.41, 5.74) is 2.98. The van der Waals surface area contributed by atoms with E-state index in [0.29, 0.717) is 5.75 Å². The molecule has 0 radical (unpaired) electrons. The first kappa shape index (κ1) is 14.1. The smallest absolute Gasteiger partial charge is 0.449 e. The van der Waals surface area contributed by atoms with Crippen LogP contribution in [0.1, 0.15) is 25.3 Å². The number of ether oxygens (including phenoxy) is 1. The topological polar surface area (TPSA) is 46.5 Å². The van der Waals surface area contributed by atoms with E-state index >= 15 is 0 Å². The number of aryl methyl sites for hydroxylation is 1. The average Bonchev–Trinajstić information content (AvgIpc) is 2.45. The molecular weight excluding hydrogens is 252 g/mol. The minimum absolute atomic E-state index is 0.400. The van der Waals surface area contributed by atoms with Crippen molar-refractivity contribution in [1.82, 2.24) is 0 Å². The van der Waals surface area contributed by atoms with Gasteiger partial charge in [0.05, 0.1) is 0 Å². The van der Waals surface area contributed by atoms with Crippen molar-refractivity contribution in [3.63, 3.8) is 0 Å². The normalized spacial score (nSPS) is 10.2. The SMILES string of the molecule is CCCCc1cccc(OC(=O)O)c1-c1ccccc1. The van der Waals surface area contributed by atoms with Crippen molar-refractivity contribution in [3.05, 3.63) is 54.1 Å². The lowest BCUT2D eigenvalue weighted by molar-refractivity contribution is 0.144. The van der Waals surface area contributed by atoms with Crippen molar-refractivity contribution in [1.29, 1.82) is 0 Å². The number of benzene rings is 2. The second-order valence-corrected chi connectivity index (χ2v) is 4.63. The monoisotopic (exact) mass is 270 g/mol. The summed E-state index contributed by atoms with van der Waals surface area (Å²) in [4.78, 5) is 10.9. The highest BCUT2D eigenvalue weighted by Gasteiger charge is 2.13. The zero-order valence-electron chi connectivity index (χ0n) is 11.5. The lowest BCUT2D eigenvalue weighted by atomic mass is 9.95. The summed E-state index contributed by atoms with van der Waals surface area (Å²) in [7, 11) is 0. The standard InChI is InChI=1S/C17H18O3/c1-2-3-8-13-11-7-12-15(20-17(18)19)16(13)14-9-5-4-6-10-14/h4-7,9-12H,2-3,8H2,1H3,(H,18,19). The number of carboxylic acid groups (broad SMARTS) is 1. The highest BCUT2D eigenvalue weighted by atomic mass is 16.7. The summed E-state index contributed by atoms with van der Waals surface area (Å²) in [6.45, 7) is 2.14. The van der Waals surface area contributed by atoms with E-state index in [9.17, 15) is 4.79 Å². The molecule has 104 valence electrons. The summed E-state index contributed by atoms with van der Waals surface area (Å²) in [5.74, 6) is 0.400. The van der Waals surface area contributed by atoms with Crippen LogP contribution in [-0.4, -0.2) is 11.3 Å². The van der Waals surface area contributed by atoms with Gasteiger partial charge in [-0.3, -0.25) is 0 Å². The van der Waals surface area contributed by atoms with Gasteiger partial charge >= 0.3 is 6.16 Å². The fourth-order valence-corrected chi connectivity index (χ4v) is 2.26. The molecule has 0 aliphatic carbocycles. The van der Waals surface area contributed by atoms with E-state index in [1.807, 2.05) is 42.5 Å². The number of carbonyl (C=O) groups is 1. The Balaban J connectivity index is 2.49.